The van der Waals surface area contributed by atoms with Crippen molar-refractivity contribution in [2.24, 2.45) is 5.92 Å². The van der Waals surface area contributed by atoms with Gasteiger partial charge < -0.3 is 39.4 Å². The number of hydrogen-bond acceptors (Lipinski definition) is 10. The van der Waals surface area contributed by atoms with Crippen LogP contribution < -0.4 is 10.2 Å². The van der Waals surface area contributed by atoms with Gasteiger partial charge in [0.05, 0.1) is 24.4 Å². The fraction of sp³-hybridized carbons (Fsp3) is 0.486. The SMILES string of the molecule is CC1CN2CCC1N1C(=CC3=CC=CC(Cl)C31)O[C@H]1C[C@@H](C)N(C1)c1nc(nc3c1oc1ccccc13)CC(=O)NCCCC2=O.CO.O=CO. The van der Waals surface area contributed by atoms with Crippen molar-refractivity contribution in [3.63, 3.8) is 0 Å². The second-order valence-corrected chi connectivity index (χ2v) is 14.0. The molecule has 6 aliphatic rings. The summed E-state index contributed by atoms with van der Waals surface area (Å²) in [5.74, 6) is 2.16. The van der Waals surface area contributed by atoms with Crippen LogP contribution in [0.15, 0.2) is 64.4 Å². The largest absolute Gasteiger partial charge is 0.483 e. The predicted molar refractivity (Wildman–Crippen MR) is 193 cm³/mol. The van der Waals surface area contributed by atoms with E-state index < -0.39 is 0 Å². The van der Waals surface area contributed by atoms with Crippen LogP contribution in [0.2, 0.25) is 0 Å². The first-order chi connectivity index (χ1) is 24.7. The number of aromatic nitrogens is 2. The highest BCUT2D eigenvalue weighted by Gasteiger charge is 2.45. The van der Waals surface area contributed by atoms with Crippen molar-refractivity contribution in [2.45, 2.75) is 75.6 Å². The lowest BCUT2D eigenvalue weighted by Gasteiger charge is -2.46. The van der Waals surface area contributed by atoms with Gasteiger partial charge >= 0.3 is 0 Å². The van der Waals surface area contributed by atoms with E-state index in [0.29, 0.717) is 61.8 Å². The number of ether oxygens (including phenoxy) is 1. The molecule has 0 spiro atoms. The smallest absolute Gasteiger partial charge is 0.290 e. The number of carbonyl (C=O) groups is 3. The minimum absolute atomic E-state index is 0.00707. The quantitative estimate of drug-likeness (QED) is 0.228. The Hall–Kier alpha value is -4.62. The minimum atomic E-state index is -0.250. The zero-order chi connectivity index (χ0) is 36.2. The first kappa shape index (κ1) is 36.2. The van der Waals surface area contributed by atoms with Crippen LogP contribution in [0.1, 0.15) is 45.4 Å². The molecule has 7 heterocycles. The molecule has 2 aromatic heterocycles. The lowest BCUT2D eigenvalue weighted by atomic mass is 9.89. The van der Waals surface area contributed by atoms with Gasteiger partial charge in [-0.25, -0.2) is 9.97 Å². The number of para-hydroxylation sites is 1. The number of benzene rings is 1. The molecule has 2 saturated heterocycles. The van der Waals surface area contributed by atoms with E-state index in [4.69, 9.17) is 45.7 Å². The molecule has 6 atom stereocenters. The van der Waals surface area contributed by atoms with Crippen LogP contribution in [0.5, 0.6) is 0 Å². The van der Waals surface area contributed by atoms with E-state index in [1.165, 1.54) is 0 Å². The molecule has 2 amide bonds. The number of carbonyl (C=O) groups excluding carboxylic acids is 2. The number of nitrogens with zero attached hydrogens (tertiary/aromatic N) is 5. The Balaban J connectivity index is 0.000000853. The maximum absolute atomic E-state index is 13.2. The molecule has 6 bridgehead atoms. The number of alkyl halides is 1. The number of allylic oxidation sites excluding steroid dienone is 2. The molecule has 5 aliphatic heterocycles. The summed E-state index contributed by atoms with van der Waals surface area (Å²) >= 11 is 6.97. The molecule has 51 heavy (non-hydrogen) atoms. The summed E-state index contributed by atoms with van der Waals surface area (Å²) in [6, 6.07) is 8.10. The first-order valence-corrected chi connectivity index (χ1v) is 17.9. The summed E-state index contributed by atoms with van der Waals surface area (Å²) in [4.78, 5) is 51.0. The summed E-state index contributed by atoms with van der Waals surface area (Å²) in [6.45, 7) is 6.55. The first-order valence-electron chi connectivity index (χ1n) is 17.5. The second kappa shape index (κ2) is 15.7. The monoisotopic (exact) mass is 720 g/mol. The summed E-state index contributed by atoms with van der Waals surface area (Å²) in [7, 11) is 1.00. The van der Waals surface area contributed by atoms with Crippen LogP contribution in [0.25, 0.3) is 22.1 Å². The fourth-order valence-electron chi connectivity index (χ4n) is 7.96. The normalized spacial score (nSPS) is 27.6. The Morgan fingerprint density at radius 2 is 1.90 bits per heavy atom. The lowest BCUT2D eigenvalue weighted by molar-refractivity contribution is -0.134. The number of anilines is 1. The average Bonchev–Trinajstić information content (AvgIpc) is 3.80. The van der Waals surface area contributed by atoms with Crippen molar-refractivity contribution in [1.29, 1.82) is 0 Å². The number of furan rings is 1. The Morgan fingerprint density at radius 1 is 1.12 bits per heavy atom. The summed E-state index contributed by atoms with van der Waals surface area (Å²) in [6.07, 6.45) is 10.9. The molecule has 272 valence electrons. The van der Waals surface area contributed by atoms with E-state index in [1.54, 1.807) is 0 Å². The number of rotatable bonds is 0. The Labute approximate surface area is 301 Å². The van der Waals surface area contributed by atoms with Crippen molar-refractivity contribution in [3.8, 4) is 0 Å². The number of aliphatic hydroxyl groups is 1. The third-order valence-corrected chi connectivity index (χ3v) is 10.6. The molecule has 3 N–H and O–H groups in total. The third kappa shape index (κ3) is 7.27. The molecule has 1 aliphatic carbocycles. The summed E-state index contributed by atoms with van der Waals surface area (Å²) in [5, 5.41) is 17.6. The van der Waals surface area contributed by atoms with Crippen molar-refractivity contribution in [1.82, 2.24) is 25.1 Å². The Morgan fingerprint density at radius 3 is 2.69 bits per heavy atom. The maximum Gasteiger partial charge on any atom is 0.290 e. The van der Waals surface area contributed by atoms with Gasteiger partial charge in [-0.1, -0.05) is 37.3 Å². The van der Waals surface area contributed by atoms with Gasteiger partial charge in [0.2, 0.25) is 11.8 Å². The molecule has 4 unspecified atom stereocenters. The van der Waals surface area contributed by atoms with Gasteiger partial charge in [-0.2, -0.15) is 0 Å². The molecule has 0 saturated carbocycles. The predicted octanol–water partition coefficient (Wildman–Crippen LogP) is 3.99. The topological polar surface area (TPSA) is 162 Å². The van der Waals surface area contributed by atoms with Gasteiger partial charge in [0.1, 0.15) is 23.0 Å². The van der Waals surface area contributed by atoms with E-state index in [9.17, 15) is 9.59 Å². The highest BCUT2D eigenvalue weighted by atomic mass is 35.5. The molecular formula is C37H45ClN6O7. The Kier molecular flexibility index (Phi) is 11.2. The van der Waals surface area contributed by atoms with Crippen molar-refractivity contribution in [3.05, 3.63) is 65.9 Å². The fourth-order valence-corrected chi connectivity index (χ4v) is 8.31. The number of aliphatic hydroxyl groups excluding tert-OH is 1. The number of carboxylic acid groups (broad SMARTS) is 1. The van der Waals surface area contributed by atoms with E-state index in [0.717, 1.165) is 42.4 Å². The highest BCUT2D eigenvalue weighted by Crippen LogP contribution is 2.42. The molecule has 9 rings (SSSR count). The van der Waals surface area contributed by atoms with Gasteiger partial charge in [-0.3, -0.25) is 14.4 Å². The highest BCUT2D eigenvalue weighted by molar-refractivity contribution is 6.22. The van der Waals surface area contributed by atoms with E-state index >= 15 is 0 Å². The van der Waals surface area contributed by atoms with Crippen LogP contribution in [0.4, 0.5) is 5.82 Å². The van der Waals surface area contributed by atoms with Crippen molar-refractivity contribution >= 4 is 57.8 Å². The average molecular weight is 721 g/mol. The second-order valence-electron chi connectivity index (χ2n) is 13.5. The van der Waals surface area contributed by atoms with Crippen LogP contribution in [-0.2, 0) is 25.5 Å². The number of amides is 2. The summed E-state index contributed by atoms with van der Waals surface area (Å²) in [5.41, 5.74) is 3.21. The number of piperidine rings is 1. The molecule has 14 heteroatoms. The summed E-state index contributed by atoms with van der Waals surface area (Å²) < 4.78 is 13.3. The van der Waals surface area contributed by atoms with Gasteiger partial charge in [0.15, 0.2) is 17.3 Å². The number of nitrogens with one attached hydrogen (secondary N) is 1. The van der Waals surface area contributed by atoms with Crippen LogP contribution >= 0.6 is 11.6 Å². The molecular weight excluding hydrogens is 676 g/mol. The van der Waals surface area contributed by atoms with Crippen LogP contribution in [-0.4, -0.2) is 111 Å². The van der Waals surface area contributed by atoms with E-state index in [2.05, 4.69) is 47.2 Å². The van der Waals surface area contributed by atoms with Crippen molar-refractivity contribution in [2.75, 3.05) is 38.2 Å². The third-order valence-electron chi connectivity index (χ3n) is 10.2. The van der Waals surface area contributed by atoms with E-state index in [1.807, 2.05) is 35.2 Å². The van der Waals surface area contributed by atoms with Gasteiger partial charge in [-0.05, 0) is 43.4 Å². The number of hydrogen-bond donors (Lipinski definition) is 3. The van der Waals surface area contributed by atoms with Crippen molar-refractivity contribution < 1.29 is 33.8 Å². The van der Waals surface area contributed by atoms with E-state index in [-0.39, 0.29) is 60.2 Å². The zero-order valence-electron chi connectivity index (χ0n) is 29.1. The molecule has 2 fully saturated rings. The van der Waals surface area contributed by atoms with Gasteiger partial charge in [0.25, 0.3) is 6.47 Å². The van der Waals surface area contributed by atoms with Gasteiger partial charge in [0, 0.05) is 63.1 Å². The standard InChI is InChI=1S/C35H39ClN6O4.CH2O2.CH4O/c1-20-18-40-14-12-26(20)42-31(16-22-7-5-9-25(36)33(22)42)45-23-15-21(2)41(19-23)35-34-32(24-8-3-4-10-27(24)46-34)38-28(39-35)17-29(43)37-13-6-11-30(40)44;2-1-3;1-2/h3-5,7-10,16,20-21,23,25-26,33H,6,11-15,17-19H2,1-2H3,(H,37,43);1H,(H,2,3);2H,1H3/t20?,21-,23+,25?,26?,33?;;/m1../s1. The minimum Gasteiger partial charge on any atom is -0.483 e. The number of fused-ring (bicyclic) bond motifs is 12. The molecule has 0 radical (unpaired) electrons. The lowest BCUT2D eigenvalue weighted by Crippen LogP contribution is -2.55. The Bertz CT molecular complexity index is 1860. The maximum atomic E-state index is 13.2. The number of halogens is 1. The van der Waals surface area contributed by atoms with Crippen LogP contribution in [0, 0.1) is 5.92 Å². The molecule has 3 aromatic rings. The molecule has 1 aromatic carbocycles. The van der Waals surface area contributed by atoms with Gasteiger partial charge in [-0.15, -0.1) is 11.6 Å². The van der Waals surface area contributed by atoms with Crippen LogP contribution in [0.3, 0.4) is 0 Å². The zero-order valence-corrected chi connectivity index (χ0v) is 29.8. The molecule has 13 nitrogen and oxygen atoms in total.